The highest BCUT2D eigenvalue weighted by molar-refractivity contribution is 5.92. The molecule has 0 radical (unpaired) electrons. The summed E-state index contributed by atoms with van der Waals surface area (Å²) in [6.45, 7) is 0. The maximum atomic E-state index is 13.2. The Morgan fingerprint density at radius 1 is 1.28 bits per heavy atom. The molecule has 29 heavy (non-hydrogen) atoms. The first-order chi connectivity index (χ1) is 13.7. The van der Waals surface area contributed by atoms with Crippen LogP contribution in [0.15, 0.2) is 30.5 Å². The third-order valence-corrected chi connectivity index (χ3v) is 5.47. The third kappa shape index (κ3) is 4.53. The van der Waals surface area contributed by atoms with Gasteiger partial charge in [-0.3, -0.25) is 9.48 Å². The lowest BCUT2D eigenvalue weighted by molar-refractivity contribution is -0.137. The summed E-state index contributed by atoms with van der Waals surface area (Å²) in [6, 6.07) is 7.14. The SMILES string of the molecule is CN(c1ccc(C#N)c(C(F)(F)F)c1)C1CCC(NC(=O)c2ccnn2C)CC1. The fourth-order valence-electron chi connectivity index (χ4n) is 3.76. The largest absolute Gasteiger partial charge is 0.417 e. The van der Waals surface area contributed by atoms with Gasteiger partial charge in [0.25, 0.3) is 5.91 Å². The van der Waals surface area contributed by atoms with Crippen molar-refractivity contribution in [1.82, 2.24) is 15.1 Å². The number of aromatic nitrogens is 2. The monoisotopic (exact) mass is 405 g/mol. The average molecular weight is 405 g/mol. The number of nitrogens with one attached hydrogen (secondary N) is 1. The highest BCUT2D eigenvalue weighted by atomic mass is 19.4. The minimum Gasteiger partial charge on any atom is -0.372 e. The predicted molar refractivity (Wildman–Crippen MR) is 101 cm³/mol. The zero-order chi connectivity index (χ0) is 21.2. The number of nitriles is 1. The molecule has 154 valence electrons. The van der Waals surface area contributed by atoms with Crippen LogP contribution in [0.1, 0.15) is 47.3 Å². The van der Waals surface area contributed by atoms with Gasteiger partial charge < -0.3 is 10.2 Å². The van der Waals surface area contributed by atoms with Crippen LogP contribution in [-0.2, 0) is 13.2 Å². The average Bonchev–Trinajstić information content (AvgIpc) is 3.13. The van der Waals surface area contributed by atoms with Gasteiger partial charge in [0.1, 0.15) is 5.69 Å². The maximum absolute atomic E-state index is 13.2. The zero-order valence-corrected chi connectivity index (χ0v) is 16.2. The van der Waals surface area contributed by atoms with Crippen LogP contribution in [0.25, 0.3) is 0 Å². The van der Waals surface area contributed by atoms with E-state index in [2.05, 4.69) is 10.4 Å². The molecule has 0 atom stereocenters. The molecule has 0 aliphatic heterocycles. The number of anilines is 1. The highest BCUT2D eigenvalue weighted by Crippen LogP contribution is 2.35. The first-order valence-corrected chi connectivity index (χ1v) is 9.33. The third-order valence-electron chi connectivity index (χ3n) is 5.47. The number of alkyl halides is 3. The number of hydrogen-bond donors (Lipinski definition) is 1. The summed E-state index contributed by atoms with van der Waals surface area (Å²) in [7, 11) is 3.47. The Morgan fingerprint density at radius 2 is 1.97 bits per heavy atom. The van der Waals surface area contributed by atoms with Crippen LogP contribution < -0.4 is 10.2 Å². The summed E-state index contributed by atoms with van der Waals surface area (Å²) in [6.07, 6.45) is -0.0480. The molecule has 1 heterocycles. The number of hydrogen-bond acceptors (Lipinski definition) is 4. The second kappa shape index (κ2) is 8.15. The van der Waals surface area contributed by atoms with E-state index in [1.165, 1.54) is 10.7 Å². The summed E-state index contributed by atoms with van der Waals surface area (Å²) in [5.41, 5.74) is -0.377. The molecule has 0 spiro atoms. The van der Waals surface area contributed by atoms with Crippen molar-refractivity contribution in [2.24, 2.45) is 7.05 Å². The van der Waals surface area contributed by atoms with Gasteiger partial charge in [-0.25, -0.2) is 0 Å². The van der Waals surface area contributed by atoms with Crippen molar-refractivity contribution in [1.29, 1.82) is 5.26 Å². The quantitative estimate of drug-likeness (QED) is 0.845. The van der Waals surface area contributed by atoms with Gasteiger partial charge in [-0.1, -0.05) is 0 Å². The van der Waals surface area contributed by atoms with Crippen LogP contribution in [0.2, 0.25) is 0 Å². The first-order valence-electron chi connectivity index (χ1n) is 9.33. The molecule has 9 heteroatoms. The van der Waals surface area contributed by atoms with E-state index < -0.39 is 11.7 Å². The van der Waals surface area contributed by atoms with E-state index in [4.69, 9.17) is 5.26 Å². The molecule has 1 aliphatic carbocycles. The van der Waals surface area contributed by atoms with Gasteiger partial charge in [-0.05, 0) is 49.9 Å². The lowest BCUT2D eigenvalue weighted by atomic mass is 9.90. The number of carbonyl (C=O) groups is 1. The Balaban J connectivity index is 1.63. The van der Waals surface area contributed by atoms with Crippen LogP contribution in [-0.4, -0.2) is 34.8 Å². The molecule has 0 bridgehead atoms. The van der Waals surface area contributed by atoms with Gasteiger partial charge in [-0.2, -0.15) is 23.5 Å². The summed E-state index contributed by atoms with van der Waals surface area (Å²) >= 11 is 0. The van der Waals surface area contributed by atoms with Crippen molar-refractivity contribution in [2.45, 2.75) is 43.9 Å². The van der Waals surface area contributed by atoms with Crippen LogP contribution in [0.4, 0.5) is 18.9 Å². The summed E-state index contributed by atoms with van der Waals surface area (Å²) < 4.78 is 41.2. The summed E-state index contributed by atoms with van der Waals surface area (Å²) in [5, 5.41) is 15.9. The summed E-state index contributed by atoms with van der Waals surface area (Å²) in [4.78, 5) is 14.1. The number of nitrogens with zero attached hydrogens (tertiary/aromatic N) is 4. The number of halogens is 3. The fourth-order valence-corrected chi connectivity index (χ4v) is 3.76. The van der Waals surface area contributed by atoms with Crippen LogP contribution >= 0.6 is 0 Å². The Kier molecular flexibility index (Phi) is 5.82. The standard InChI is InChI=1S/C20H22F3N5O/c1-27(16-6-3-13(12-24)17(11-16)20(21,22)23)15-7-4-14(5-8-15)26-19(29)18-9-10-25-28(18)2/h3,6,9-11,14-15H,4-5,7-8H2,1-2H3,(H,26,29). The van der Waals surface area contributed by atoms with Crippen LogP contribution in [0, 0.1) is 11.3 Å². The van der Waals surface area contributed by atoms with E-state index in [9.17, 15) is 18.0 Å². The van der Waals surface area contributed by atoms with Crippen LogP contribution in [0.5, 0.6) is 0 Å². The van der Waals surface area contributed by atoms with Gasteiger partial charge in [0.15, 0.2) is 0 Å². The predicted octanol–water partition coefficient (Wildman–Crippen LogP) is 3.49. The second-order valence-corrected chi connectivity index (χ2v) is 7.27. The molecule has 0 saturated heterocycles. The molecule has 1 aliphatic rings. The topological polar surface area (TPSA) is 74.0 Å². The lowest BCUT2D eigenvalue weighted by Gasteiger charge is -2.36. The van der Waals surface area contributed by atoms with Gasteiger partial charge in [0.05, 0.1) is 17.2 Å². The Bertz CT molecular complexity index is 923. The molecule has 1 amide bonds. The molecular weight excluding hydrogens is 383 g/mol. The van der Waals surface area contributed by atoms with E-state index in [1.54, 1.807) is 38.5 Å². The highest BCUT2D eigenvalue weighted by Gasteiger charge is 2.34. The minimum absolute atomic E-state index is 0.0220. The van der Waals surface area contributed by atoms with Gasteiger partial charge in [0, 0.05) is 38.1 Å². The normalized spacial score (nSPS) is 19.4. The number of amides is 1. The molecule has 3 rings (SSSR count). The second-order valence-electron chi connectivity index (χ2n) is 7.27. The smallest absolute Gasteiger partial charge is 0.372 e. The van der Waals surface area contributed by atoms with Crippen molar-refractivity contribution in [3.63, 3.8) is 0 Å². The van der Waals surface area contributed by atoms with Crippen molar-refractivity contribution >= 4 is 11.6 Å². The van der Waals surface area contributed by atoms with Crippen molar-refractivity contribution in [3.05, 3.63) is 47.3 Å². The van der Waals surface area contributed by atoms with Crippen molar-refractivity contribution in [2.75, 3.05) is 11.9 Å². The Morgan fingerprint density at radius 3 is 2.52 bits per heavy atom. The lowest BCUT2D eigenvalue weighted by Crippen LogP contribution is -2.43. The van der Waals surface area contributed by atoms with E-state index in [-0.39, 0.29) is 23.6 Å². The molecular formula is C20H22F3N5O. The number of benzene rings is 1. The molecule has 1 saturated carbocycles. The molecule has 1 aromatic heterocycles. The molecule has 1 N–H and O–H groups in total. The fraction of sp³-hybridized carbons (Fsp3) is 0.450. The number of carbonyl (C=O) groups excluding carboxylic acids is 1. The van der Waals surface area contributed by atoms with Gasteiger partial charge in [-0.15, -0.1) is 0 Å². The van der Waals surface area contributed by atoms with Gasteiger partial charge >= 0.3 is 6.18 Å². The van der Waals surface area contributed by atoms with Crippen molar-refractivity contribution in [3.8, 4) is 6.07 Å². The van der Waals surface area contributed by atoms with Crippen LogP contribution in [0.3, 0.4) is 0 Å². The Labute approximate surface area is 166 Å². The maximum Gasteiger partial charge on any atom is 0.417 e. The summed E-state index contributed by atoms with van der Waals surface area (Å²) in [5.74, 6) is -0.177. The molecule has 6 nitrogen and oxygen atoms in total. The number of aryl methyl sites for hydroxylation is 1. The molecule has 0 unspecified atom stereocenters. The Hall–Kier alpha value is -3.02. The van der Waals surface area contributed by atoms with E-state index >= 15 is 0 Å². The molecule has 2 aromatic rings. The van der Waals surface area contributed by atoms with E-state index in [0.29, 0.717) is 11.4 Å². The van der Waals surface area contributed by atoms with Crippen molar-refractivity contribution < 1.29 is 18.0 Å². The number of rotatable bonds is 4. The zero-order valence-electron chi connectivity index (χ0n) is 16.2. The van der Waals surface area contributed by atoms with Gasteiger partial charge in [0.2, 0.25) is 0 Å². The van der Waals surface area contributed by atoms with E-state index in [0.717, 1.165) is 31.7 Å². The molecule has 1 fully saturated rings. The van der Waals surface area contributed by atoms with E-state index in [1.807, 2.05) is 4.90 Å². The minimum atomic E-state index is -4.57. The first kappa shape index (κ1) is 20.7. The molecule has 1 aromatic carbocycles.